The molecule has 1 atom stereocenters. The van der Waals surface area contributed by atoms with Gasteiger partial charge >= 0.3 is 0 Å². The van der Waals surface area contributed by atoms with Crippen molar-refractivity contribution < 1.29 is 9.13 Å². The molecule has 6 heteroatoms. The van der Waals surface area contributed by atoms with E-state index in [1.807, 2.05) is 7.05 Å². The first kappa shape index (κ1) is 17.6. The third-order valence-electron chi connectivity index (χ3n) is 2.64. The average molecular weight is 342 g/mol. The van der Waals surface area contributed by atoms with E-state index in [4.69, 9.17) is 10.5 Å². The lowest BCUT2D eigenvalue weighted by atomic mass is 10.3. The van der Waals surface area contributed by atoms with Crippen LogP contribution in [0.1, 0.15) is 6.92 Å². The van der Waals surface area contributed by atoms with Gasteiger partial charge in [0.15, 0.2) is 0 Å². The van der Waals surface area contributed by atoms with E-state index in [0.29, 0.717) is 29.4 Å². The van der Waals surface area contributed by atoms with Crippen LogP contribution in [0.2, 0.25) is 0 Å². The molecule has 0 aliphatic carbocycles. The number of likely N-dealkylation sites (N-methyl/N-ethyl adjacent to an activating group) is 1. The summed E-state index contributed by atoms with van der Waals surface area (Å²) in [4.78, 5) is 2.11. The normalized spacial score (nSPS) is 12.1. The topological polar surface area (TPSA) is 38.5 Å². The molecule has 0 radical (unpaired) electrons. The molecule has 1 rings (SSSR count). The van der Waals surface area contributed by atoms with Crippen molar-refractivity contribution in [1.29, 1.82) is 0 Å². The Kier molecular flexibility index (Phi) is 8.52. The SMILES string of the molecule is CC(CN)N(C)CCOc1cc(F)cc(Br)c1.Cl. The fraction of sp³-hybridized carbons (Fsp3) is 0.500. The summed E-state index contributed by atoms with van der Waals surface area (Å²) in [5, 5.41) is 0. The van der Waals surface area contributed by atoms with Crippen molar-refractivity contribution in [1.82, 2.24) is 4.90 Å². The highest BCUT2D eigenvalue weighted by Gasteiger charge is 2.07. The Morgan fingerprint density at radius 2 is 2.11 bits per heavy atom. The predicted octanol–water partition coefficient (Wildman–Crippen LogP) is 2.67. The van der Waals surface area contributed by atoms with E-state index in [0.717, 1.165) is 6.54 Å². The molecule has 0 amide bonds. The van der Waals surface area contributed by atoms with Gasteiger partial charge in [0.25, 0.3) is 0 Å². The zero-order valence-corrected chi connectivity index (χ0v) is 12.9. The fourth-order valence-corrected chi connectivity index (χ4v) is 1.76. The molecular weight excluding hydrogens is 322 g/mol. The van der Waals surface area contributed by atoms with Crippen LogP contribution in [0.15, 0.2) is 22.7 Å². The highest BCUT2D eigenvalue weighted by atomic mass is 79.9. The summed E-state index contributed by atoms with van der Waals surface area (Å²) in [5.41, 5.74) is 5.56. The molecule has 1 unspecified atom stereocenters. The molecule has 0 saturated carbocycles. The van der Waals surface area contributed by atoms with Gasteiger partial charge in [-0.05, 0) is 26.1 Å². The number of hydrogen-bond donors (Lipinski definition) is 1. The Hall–Kier alpha value is -0.360. The number of rotatable bonds is 6. The van der Waals surface area contributed by atoms with Crippen LogP contribution in [0.25, 0.3) is 0 Å². The van der Waals surface area contributed by atoms with Crippen molar-refractivity contribution in [3.8, 4) is 5.75 Å². The van der Waals surface area contributed by atoms with Gasteiger partial charge in [0.2, 0.25) is 0 Å². The number of ether oxygens (including phenoxy) is 1. The van der Waals surface area contributed by atoms with Gasteiger partial charge in [0, 0.05) is 29.7 Å². The number of hydrogen-bond acceptors (Lipinski definition) is 3. The van der Waals surface area contributed by atoms with Gasteiger partial charge in [-0.1, -0.05) is 15.9 Å². The van der Waals surface area contributed by atoms with Crippen molar-refractivity contribution in [2.24, 2.45) is 5.73 Å². The third-order valence-corrected chi connectivity index (χ3v) is 3.10. The van der Waals surface area contributed by atoms with E-state index in [1.165, 1.54) is 12.1 Å². The van der Waals surface area contributed by atoms with Gasteiger partial charge in [0.05, 0.1) is 0 Å². The summed E-state index contributed by atoms with van der Waals surface area (Å²) < 4.78 is 19.2. The molecule has 0 bridgehead atoms. The first-order valence-corrected chi connectivity index (χ1v) is 6.31. The van der Waals surface area contributed by atoms with Crippen molar-refractivity contribution in [3.63, 3.8) is 0 Å². The molecule has 0 spiro atoms. The van der Waals surface area contributed by atoms with Crippen LogP contribution in [0, 0.1) is 5.82 Å². The van der Waals surface area contributed by atoms with Gasteiger partial charge < -0.3 is 10.5 Å². The highest BCUT2D eigenvalue weighted by molar-refractivity contribution is 9.10. The van der Waals surface area contributed by atoms with Gasteiger partial charge in [-0.2, -0.15) is 0 Å². The van der Waals surface area contributed by atoms with Gasteiger partial charge in [-0.15, -0.1) is 12.4 Å². The predicted molar refractivity (Wildman–Crippen MR) is 78.0 cm³/mol. The van der Waals surface area contributed by atoms with Crippen LogP contribution >= 0.6 is 28.3 Å². The molecule has 2 N–H and O–H groups in total. The van der Waals surface area contributed by atoms with Crippen molar-refractivity contribution in [2.75, 3.05) is 26.7 Å². The zero-order valence-electron chi connectivity index (χ0n) is 10.5. The van der Waals surface area contributed by atoms with Crippen molar-refractivity contribution in [2.45, 2.75) is 13.0 Å². The first-order valence-electron chi connectivity index (χ1n) is 5.52. The molecule has 0 saturated heterocycles. The average Bonchev–Trinajstić information content (AvgIpc) is 2.26. The third kappa shape index (κ3) is 6.00. The van der Waals surface area contributed by atoms with Crippen molar-refractivity contribution in [3.05, 3.63) is 28.5 Å². The van der Waals surface area contributed by atoms with Crippen LogP contribution in [-0.2, 0) is 0 Å². The molecule has 1 aromatic rings. The second-order valence-corrected chi connectivity index (χ2v) is 4.93. The summed E-state index contributed by atoms with van der Waals surface area (Å²) >= 11 is 3.22. The minimum atomic E-state index is -0.307. The van der Waals surface area contributed by atoms with Crippen LogP contribution in [0.4, 0.5) is 4.39 Å². The molecule has 0 heterocycles. The Balaban J connectivity index is 0.00000289. The van der Waals surface area contributed by atoms with Crippen LogP contribution < -0.4 is 10.5 Å². The maximum Gasteiger partial charge on any atom is 0.128 e. The summed E-state index contributed by atoms with van der Waals surface area (Å²) in [6.45, 7) is 3.93. The van der Waals surface area contributed by atoms with E-state index in [-0.39, 0.29) is 18.2 Å². The lowest BCUT2D eigenvalue weighted by molar-refractivity contribution is 0.202. The lowest BCUT2D eigenvalue weighted by Gasteiger charge is -2.23. The number of benzene rings is 1. The minimum absolute atomic E-state index is 0. The van der Waals surface area contributed by atoms with Crippen molar-refractivity contribution >= 4 is 28.3 Å². The lowest BCUT2D eigenvalue weighted by Crippen LogP contribution is -2.37. The number of nitrogens with two attached hydrogens (primary N) is 1. The van der Waals surface area contributed by atoms with Crippen LogP contribution in [-0.4, -0.2) is 37.7 Å². The molecule has 3 nitrogen and oxygen atoms in total. The van der Waals surface area contributed by atoms with Gasteiger partial charge in [-0.3, -0.25) is 4.90 Å². The van der Waals surface area contributed by atoms with Gasteiger partial charge in [0.1, 0.15) is 18.2 Å². The zero-order chi connectivity index (χ0) is 12.8. The molecule has 104 valence electrons. The molecule has 1 aromatic carbocycles. The summed E-state index contributed by atoms with van der Waals surface area (Å²) in [5.74, 6) is 0.226. The quantitative estimate of drug-likeness (QED) is 0.864. The first-order chi connectivity index (χ1) is 8.02. The molecular formula is C12H19BrClFN2O. The minimum Gasteiger partial charge on any atom is -0.492 e. The van der Waals surface area contributed by atoms with E-state index in [1.54, 1.807) is 6.07 Å². The monoisotopic (exact) mass is 340 g/mol. The van der Waals surface area contributed by atoms with Crippen LogP contribution in [0.3, 0.4) is 0 Å². The Labute approximate surface area is 122 Å². The second-order valence-electron chi connectivity index (χ2n) is 4.02. The Morgan fingerprint density at radius 1 is 1.44 bits per heavy atom. The standard InChI is InChI=1S/C12H18BrFN2O.ClH/c1-9(8-15)16(2)3-4-17-12-6-10(13)5-11(14)7-12;/h5-7,9H,3-4,8,15H2,1-2H3;1H. The van der Waals surface area contributed by atoms with E-state index < -0.39 is 0 Å². The summed E-state index contributed by atoms with van der Waals surface area (Å²) in [7, 11) is 1.99. The number of halogens is 3. The Bertz CT molecular complexity index is 348. The number of nitrogens with zero attached hydrogens (tertiary/aromatic N) is 1. The smallest absolute Gasteiger partial charge is 0.128 e. The molecule has 18 heavy (non-hydrogen) atoms. The maximum atomic E-state index is 13.1. The molecule has 0 fully saturated rings. The van der Waals surface area contributed by atoms with E-state index in [2.05, 4.69) is 27.8 Å². The van der Waals surface area contributed by atoms with E-state index in [9.17, 15) is 4.39 Å². The highest BCUT2D eigenvalue weighted by Crippen LogP contribution is 2.20. The maximum absolute atomic E-state index is 13.1. The molecule has 0 aliphatic heterocycles. The summed E-state index contributed by atoms with van der Waals surface area (Å²) in [6.07, 6.45) is 0. The van der Waals surface area contributed by atoms with Crippen LogP contribution in [0.5, 0.6) is 5.75 Å². The Morgan fingerprint density at radius 3 is 2.67 bits per heavy atom. The molecule has 0 aliphatic rings. The summed E-state index contributed by atoms with van der Waals surface area (Å²) in [6, 6.07) is 4.83. The molecule has 0 aromatic heterocycles. The van der Waals surface area contributed by atoms with Gasteiger partial charge in [-0.25, -0.2) is 4.39 Å². The fourth-order valence-electron chi connectivity index (χ4n) is 1.32. The van der Waals surface area contributed by atoms with E-state index >= 15 is 0 Å². The second kappa shape index (κ2) is 8.69. The largest absolute Gasteiger partial charge is 0.492 e.